The van der Waals surface area contributed by atoms with E-state index in [4.69, 9.17) is 4.74 Å². The second kappa shape index (κ2) is 6.98. The van der Waals surface area contributed by atoms with Crippen molar-refractivity contribution in [1.29, 1.82) is 0 Å². The molecular weight excluding hydrogens is 301 g/mol. The van der Waals surface area contributed by atoms with Gasteiger partial charge < -0.3 is 9.64 Å². The average molecular weight is 319 g/mol. The smallest absolute Gasteiger partial charge is 0.205 e. The van der Waals surface area contributed by atoms with Gasteiger partial charge in [-0.05, 0) is 29.7 Å². The number of aromatic nitrogens is 2. The van der Waals surface area contributed by atoms with Crippen LogP contribution in [0.5, 0.6) is 0 Å². The molecule has 1 aliphatic heterocycles. The normalized spacial score (nSPS) is 15.0. The first-order valence-corrected chi connectivity index (χ1v) is 8.05. The maximum absolute atomic E-state index is 13.0. The van der Waals surface area contributed by atoms with E-state index in [9.17, 15) is 4.39 Å². The highest BCUT2D eigenvalue weighted by Crippen LogP contribution is 2.26. The van der Waals surface area contributed by atoms with Gasteiger partial charge in [0.1, 0.15) is 11.6 Å². The predicted molar refractivity (Wildman–Crippen MR) is 86.7 cm³/mol. The van der Waals surface area contributed by atoms with Crippen molar-refractivity contribution in [2.24, 2.45) is 0 Å². The number of ether oxygens (including phenoxy) is 1. The van der Waals surface area contributed by atoms with E-state index in [1.165, 1.54) is 29.2 Å². The molecule has 0 amide bonds. The Kier molecular flexibility index (Phi) is 4.80. The van der Waals surface area contributed by atoms with E-state index in [-0.39, 0.29) is 5.82 Å². The molecule has 0 aliphatic carbocycles. The first-order valence-electron chi connectivity index (χ1n) is 7.27. The zero-order valence-electron chi connectivity index (χ0n) is 12.5. The number of nitrogens with zero attached hydrogens (tertiary/aromatic N) is 3. The molecule has 1 aromatic carbocycles. The van der Waals surface area contributed by atoms with Gasteiger partial charge in [0.2, 0.25) is 5.13 Å². The maximum Gasteiger partial charge on any atom is 0.205 e. The highest BCUT2D eigenvalue weighted by Gasteiger charge is 2.17. The van der Waals surface area contributed by atoms with Gasteiger partial charge in [-0.15, -0.1) is 0 Å². The zero-order valence-corrected chi connectivity index (χ0v) is 13.3. The Morgan fingerprint density at radius 2 is 2.14 bits per heavy atom. The molecule has 0 saturated carbocycles. The van der Waals surface area contributed by atoms with Crippen molar-refractivity contribution in [1.82, 2.24) is 9.36 Å². The van der Waals surface area contributed by atoms with Gasteiger partial charge in [-0.1, -0.05) is 18.2 Å². The van der Waals surface area contributed by atoms with Crippen molar-refractivity contribution in [3.05, 3.63) is 47.5 Å². The second-order valence-electron chi connectivity index (χ2n) is 5.17. The summed E-state index contributed by atoms with van der Waals surface area (Å²) < 4.78 is 22.4. The summed E-state index contributed by atoms with van der Waals surface area (Å²) in [6.07, 6.45) is 3.86. The summed E-state index contributed by atoms with van der Waals surface area (Å²) in [7, 11) is 1.68. The van der Waals surface area contributed by atoms with Crippen LogP contribution in [-0.4, -0.2) is 36.2 Å². The Hall–Kier alpha value is -1.79. The van der Waals surface area contributed by atoms with Crippen LogP contribution >= 0.6 is 11.5 Å². The van der Waals surface area contributed by atoms with Crippen LogP contribution in [0.3, 0.4) is 0 Å². The standard InChI is InChI=1S/C16H18FN3OS/c1-21-11-8-15-18-16(22-19-15)20-9-6-13(7-10-20)12-2-4-14(17)5-3-12/h2-6H,7-11H2,1H3. The van der Waals surface area contributed by atoms with Gasteiger partial charge in [0.05, 0.1) is 6.61 Å². The van der Waals surface area contributed by atoms with Crippen molar-refractivity contribution in [2.45, 2.75) is 12.8 Å². The quantitative estimate of drug-likeness (QED) is 0.848. The van der Waals surface area contributed by atoms with E-state index < -0.39 is 0 Å². The number of methoxy groups -OCH3 is 1. The van der Waals surface area contributed by atoms with Gasteiger partial charge in [-0.3, -0.25) is 0 Å². The summed E-state index contributed by atoms with van der Waals surface area (Å²) in [6.45, 7) is 2.36. The summed E-state index contributed by atoms with van der Waals surface area (Å²) in [5, 5.41) is 0.959. The van der Waals surface area contributed by atoms with Crippen molar-refractivity contribution >= 4 is 22.2 Å². The number of hydrogen-bond acceptors (Lipinski definition) is 5. The molecular formula is C16H18FN3OS. The van der Waals surface area contributed by atoms with Crippen LogP contribution in [0.15, 0.2) is 30.3 Å². The molecule has 116 valence electrons. The van der Waals surface area contributed by atoms with E-state index in [1.807, 2.05) is 12.1 Å². The SMILES string of the molecule is COCCc1nsc(N2CC=C(c3ccc(F)cc3)CC2)n1. The predicted octanol–water partition coefficient (Wildman–Crippen LogP) is 3.16. The lowest BCUT2D eigenvalue weighted by atomic mass is 10.00. The molecule has 0 atom stereocenters. The molecule has 2 heterocycles. The number of halogens is 1. The average Bonchev–Trinajstić information content (AvgIpc) is 3.03. The topological polar surface area (TPSA) is 38.2 Å². The van der Waals surface area contributed by atoms with Crippen LogP contribution in [0.25, 0.3) is 5.57 Å². The molecule has 0 bridgehead atoms. The summed E-state index contributed by atoms with van der Waals surface area (Å²) in [5.41, 5.74) is 2.36. The molecule has 2 aromatic rings. The van der Waals surface area contributed by atoms with Gasteiger partial charge in [-0.25, -0.2) is 9.37 Å². The first-order chi connectivity index (χ1) is 10.8. The Balaban J connectivity index is 1.65. The maximum atomic E-state index is 13.0. The lowest BCUT2D eigenvalue weighted by molar-refractivity contribution is 0.201. The Labute approximate surface area is 133 Å². The van der Waals surface area contributed by atoms with Gasteiger partial charge >= 0.3 is 0 Å². The minimum atomic E-state index is -0.195. The molecule has 0 unspecified atom stereocenters. The van der Waals surface area contributed by atoms with Crippen LogP contribution < -0.4 is 4.90 Å². The monoisotopic (exact) mass is 319 g/mol. The lowest BCUT2D eigenvalue weighted by Crippen LogP contribution is -2.28. The molecule has 0 fully saturated rings. The fourth-order valence-corrected chi connectivity index (χ4v) is 3.18. The number of benzene rings is 1. The van der Waals surface area contributed by atoms with Crippen molar-refractivity contribution in [2.75, 3.05) is 31.7 Å². The molecule has 6 heteroatoms. The minimum Gasteiger partial charge on any atom is -0.384 e. The summed E-state index contributed by atoms with van der Waals surface area (Å²) in [4.78, 5) is 6.78. The Bertz CT molecular complexity index is 654. The Morgan fingerprint density at radius 3 is 2.82 bits per heavy atom. The number of hydrogen-bond donors (Lipinski definition) is 0. The minimum absolute atomic E-state index is 0.195. The molecule has 22 heavy (non-hydrogen) atoms. The van der Waals surface area contributed by atoms with Crippen LogP contribution in [0.4, 0.5) is 9.52 Å². The fraction of sp³-hybridized carbons (Fsp3) is 0.375. The molecule has 1 aromatic heterocycles. The molecule has 3 rings (SSSR count). The van der Waals surface area contributed by atoms with E-state index >= 15 is 0 Å². The van der Waals surface area contributed by atoms with E-state index in [1.54, 1.807) is 7.11 Å². The second-order valence-corrected chi connectivity index (χ2v) is 5.90. The number of anilines is 1. The van der Waals surface area contributed by atoms with Gasteiger partial charge in [0, 0.05) is 38.2 Å². The van der Waals surface area contributed by atoms with E-state index in [2.05, 4.69) is 20.3 Å². The Morgan fingerprint density at radius 1 is 1.32 bits per heavy atom. The van der Waals surface area contributed by atoms with E-state index in [0.717, 1.165) is 42.5 Å². The lowest BCUT2D eigenvalue weighted by Gasteiger charge is -2.25. The van der Waals surface area contributed by atoms with Crippen LogP contribution in [0, 0.1) is 5.82 Å². The van der Waals surface area contributed by atoms with Crippen molar-refractivity contribution in [3.63, 3.8) is 0 Å². The van der Waals surface area contributed by atoms with Crippen LogP contribution in [-0.2, 0) is 11.2 Å². The summed E-state index contributed by atoms with van der Waals surface area (Å²) in [6, 6.07) is 6.69. The molecule has 0 radical (unpaired) electrons. The third-order valence-electron chi connectivity index (χ3n) is 3.68. The van der Waals surface area contributed by atoms with Crippen molar-refractivity contribution in [3.8, 4) is 0 Å². The third-order valence-corrected chi connectivity index (χ3v) is 4.50. The van der Waals surface area contributed by atoms with Crippen LogP contribution in [0.1, 0.15) is 17.8 Å². The highest BCUT2D eigenvalue weighted by molar-refractivity contribution is 7.09. The molecule has 0 N–H and O–H groups in total. The summed E-state index contributed by atoms with van der Waals surface area (Å²) in [5.74, 6) is 0.648. The zero-order chi connectivity index (χ0) is 15.4. The third kappa shape index (κ3) is 3.51. The molecule has 0 spiro atoms. The van der Waals surface area contributed by atoms with E-state index in [0.29, 0.717) is 6.61 Å². The summed E-state index contributed by atoms with van der Waals surface area (Å²) >= 11 is 1.44. The van der Waals surface area contributed by atoms with Crippen LogP contribution in [0.2, 0.25) is 0 Å². The largest absolute Gasteiger partial charge is 0.384 e. The fourth-order valence-electron chi connectivity index (χ4n) is 2.44. The van der Waals surface area contributed by atoms with Crippen molar-refractivity contribution < 1.29 is 9.13 Å². The van der Waals surface area contributed by atoms with Gasteiger partial charge in [0.25, 0.3) is 0 Å². The number of rotatable bonds is 5. The van der Waals surface area contributed by atoms with Gasteiger partial charge in [0.15, 0.2) is 0 Å². The first kappa shape index (κ1) is 15.1. The van der Waals surface area contributed by atoms with Gasteiger partial charge in [-0.2, -0.15) is 4.37 Å². The highest BCUT2D eigenvalue weighted by atomic mass is 32.1. The molecule has 1 aliphatic rings. The molecule has 4 nitrogen and oxygen atoms in total. The molecule has 0 saturated heterocycles.